The van der Waals surface area contributed by atoms with Gasteiger partial charge in [0.05, 0.1) is 0 Å². The Labute approximate surface area is 107 Å². The fourth-order valence-corrected chi connectivity index (χ4v) is 4.06. The van der Waals surface area contributed by atoms with Crippen molar-refractivity contribution in [3.05, 3.63) is 18.3 Å². The van der Waals surface area contributed by atoms with Gasteiger partial charge in [-0.1, -0.05) is 6.92 Å². The van der Waals surface area contributed by atoms with Crippen LogP contribution in [0, 0.1) is 5.92 Å². The third-order valence-corrected chi connectivity index (χ3v) is 5.18. The van der Waals surface area contributed by atoms with Crippen molar-refractivity contribution in [1.29, 1.82) is 0 Å². The molecule has 2 heterocycles. The molecule has 0 aromatic carbocycles. The molecule has 0 radical (unpaired) electrons. The highest BCUT2D eigenvalue weighted by Gasteiger charge is 2.36. The summed E-state index contributed by atoms with van der Waals surface area (Å²) in [6.45, 7) is 4.57. The summed E-state index contributed by atoms with van der Waals surface area (Å²) < 4.78 is 26.4. The van der Waals surface area contributed by atoms with Gasteiger partial charge < -0.3 is 5.43 Å². The Morgan fingerprint density at radius 2 is 2.17 bits per heavy atom. The summed E-state index contributed by atoms with van der Waals surface area (Å²) in [6.07, 6.45) is 2.23. The van der Waals surface area contributed by atoms with E-state index in [2.05, 4.69) is 17.3 Å². The molecule has 0 amide bonds. The molecule has 2 unspecified atom stereocenters. The summed E-state index contributed by atoms with van der Waals surface area (Å²) in [5.74, 6) is 6.04. The number of rotatable bonds is 3. The van der Waals surface area contributed by atoms with E-state index in [9.17, 15) is 8.42 Å². The molecule has 1 fully saturated rings. The molecule has 3 N–H and O–H groups in total. The lowest BCUT2D eigenvalue weighted by Gasteiger charge is -2.20. The summed E-state index contributed by atoms with van der Waals surface area (Å²) >= 11 is 0. The van der Waals surface area contributed by atoms with E-state index in [1.807, 2.05) is 6.92 Å². The van der Waals surface area contributed by atoms with Crippen LogP contribution in [0.15, 0.2) is 23.2 Å². The van der Waals surface area contributed by atoms with Gasteiger partial charge >= 0.3 is 0 Å². The van der Waals surface area contributed by atoms with Crippen LogP contribution in [0.5, 0.6) is 0 Å². The first-order valence-corrected chi connectivity index (χ1v) is 7.33. The van der Waals surface area contributed by atoms with E-state index in [1.165, 1.54) is 12.3 Å². The van der Waals surface area contributed by atoms with E-state index in [0.29, 0.717) is 18.3 Å². The van der Waals surface area contributed by atoms with E-state index >= 15 is 0 Å². The summed E-state index contributed by atoms with van der Waals surface area (Å²) in [6, 6.07) is 3.11. The quantitative estimate of drug-likeness (QED) is 0.626. The molecular weight excluding hydrogens is 252 g/mol. The monoisotopic (exact) mass is 270 g/mol. The van der Waals surface area contributed by atoms with Crippen molar-refractivity contribution >= 4 is 15.8 Å². The molecular formula is C11H18N4O2S. The van der Waals surface area contributed by atoms with Crippen LogP contribution in [0.1, 0.15) is 20.3 Å². The highest BCUT2D eigenvalue weighted by molar-refractivity contribution is 7.89. The van der Waals surface area contributed by atoms with Crippen molar-refractivity contribution in [2.45, 2.75) is 31.2 Å². The van der Waals surface area contributed by atoms with Gasteiger partial charge in [0.15, 0.2) is 0 Å². The van der Waals surface area contributed by atoms with Crippen molar-refractivity contribution in [3.63, 3.8) is 0 Å². The Morgan fingerprint density at radius 1 is 1.44 bits per heavy atom. The first-order valence-electron chi connectivity index (χ1n) is 5.89. The fourth-order valence-electron chi connectivity index (χ4n) is 2.35. The highest BCUT2D eigenvalue weighted by Crippen LogP contribution is 2.28. The van der Waals surface area contributed by atoms with Crippen LogP contribution in [0.3, 0.4) is 0 Å². The minimum absolute atomic E-state index is 0.0392. The van der Waals surface area contributed by atoms with E-state index < -0.39 is 10.0 Å². The van der Waals surface area contributed by atoms with Gasteiger partial charge in [-0.25, -0.2) is 19.2 Å². The van der Waals surface area contributed by atoms with Crippen LogP contribution >= 0.6 is 0 Å². The maximum absolute atomic E-state index is 12.4. The van der Waals surface area contributed by atoms with Crippen molar-refractivity contribution in [2.75, 3.05) is 12.0 Å². The third kappa shape index (κ3) is 2.33. The van der Waals surface area contributed by atoms with Gasteiger partial charge in [-0.2, -0.15) is 4.31 Å². The zero-order valence-corrected chi connectivity index (χ0v) is 11.3. The second kappa shape index (κ2) is 4.83. The Bertz CT molecular complexity index is 514. The Hall–Kier alpha value is -1.18. The largest absolute Gasteiger partial charge is 0.308 e. The molecule has 1 aromatic rings. The topological polar surface area (TPSA) is 88.3 Å². The van der Waals surface area contributed by atoms with Crippen LogP contribution in [0.4, 0.5) is 5.82 Å². The van der Waals surface area contributed by atoms with E-state index in [4.69, 9.17) is 5.84 Å². The number of hydrogen-bond acceptors (Lipinski definition) is 5. The van der Waals surface area contributed by atoms with Gasteiger partial charge in [0.1, 0.15) is 10.7 Å². The van der Waals surface area contributed by atoms with Gasteiger partial charge in [-0.05, 0) is 31.4 Å². The molecule has 1 saturated heterocycles. The molecule has 1 aromatic heterocycles. The standard InChI is InChI=1S/C11H18N4O2S/c1-8-5-9(2)15(7-8)18(16,17)10-3-4-11(14-12)13-6-10/h3-4,6,8-9H,5,7,12H2,1-2H3,(H,13,14). The number of anilines is 1. The van der Waals surface area contributed by atoms with Crippen molar-refractivity contribution in [2.24, 2.45) is 11.8 Å². The molecule has 0 bridgehead atoms. The normalized spacial score (nSPS) is 25.3. The number of aromatic nitrogens is 1. The molecule has 0 spiro atoms. The van der Waals surface area contributed by atoms with E-state index in [-0.39, 0.29) is 10.9 Å². The van der Waals surface area contributed by atoms with Crippen LogP contribution in [-0.2, 0) is 10.0 Å². The molecule has 18 heavy (non-hydrogen) atoms. The lowest BCUT2D eigenvalue weighted by Crippen LogP contribution is -2.34. The first-order chi connectivity index (χ1) is 8.45. The van der Waals surface area contributed by atoms with Gasteiger partial charge in [-0.15, -0.1) is 0 Å². The molecule has 2 rings (SSSR count). The number of nitrogen functional groups attached to an aromatic ring is 1. The van der Waals surface area contributed by atoms with Crippen LogP contribution < -0.4 is 11.3 Å². The molecule has 7 heteroatoms. The van der Waals surface area contributed by atoms with Crippen molar-refractivity contribution in [3.8, 4) is 0 Å². The molecule has 2 atom stereocenters. The Kier molecular flexibility index (Phi) is 3.56. The number of nitrogens with zero attached hydrogens (tertiary/aromatic N) is 2. The molecule has 1 aliphatic rings. The smallest absolute Gasteiger partial charge is 0.244 e. The first kappa shape index (κ1) is 13.3. The molecule has 6 nitrogen and oxygen atoms in total. The molecule has 100 valence electrons. The van der Waals surface area contributed by atoms with Crippen LogP contribution in [0.25, 0.3) is 0 Å². The maximum Gasteiger partial charge on any atom is 0.244 e. The van der Waals surface area contributed by atoms with E-state index in [1.54, 1.807) is 10.4 Å². The fraction of sp³-hybridized carbons (Fsp3) is 0.545. The average Bonchev–Trinajstić information content (AvgIpc) is 2.69. The number of hydrazine groups is 1. The predicted molar refractivity (Wildman–Crippen MR) is 69.2 cm³/mol. The number of nitrogens with two attached hydrogens (primary N) is 1. The van der Waals surface area contributed by atoms with Gasteiger partial charge in [0.2, 0.25) is 10.0 Å². The van der Waals surface area contributed by atoms with Gasteiger partial charge in [-0.3, -0.25) is 0 Å². The Morgan fingerprint density at radius 3 is 2.61 bits per heavy atom. The van der Waals surface area contributed by atoms with Crippen LogP contribution in [0.2, 0.25) is 0 Å². The zero-order chi connectivity index (χ0) is 13.3. The predicted octanol–water partition coefficient (Wildman–Crippen LogP) is 0.786. The molecule has 0 aliphatic carbocycles. The minimum Gasteiger partial charge on any atom is -0.308 e. The molecule has 1 aliphatic heterocycles. The van der Waals surface area contributed by atoms with Crippen LogP contribution in [-0.4, -0.2) is 30.3 Å². The summed E-state index contributed by atoms with van der Waals surface area (Å²) in [7, 11) is -3.44. The molecule has 0 saturated carbocycles. The number of pyridine rings is 1. The highest BCUT2D eigenvalue weighted by atomic mass is 32.2. The second-order valence-corrected chi connectivity index (χ2v) is 6.68. The number of sulfonamides is 1. The minimum atomic E-state index is -3.44. The van der Waals surface area contributed by atoms with Gasteiger partial charge in [0.25, 0.3) is 0 Å². The average molecular weight is 270 g/mol. The van der Waals surface area contributed by atoms with E-state index in [0.717, 1.165) is 6.42 Å². The number of hydrogen-bond donors (Lipinski definition) is 2. The van der Waals surface area contributed by atoms with Gasteiger partial charge in [0, 0.05) is 18.8 Å². The lowest BCUT2D eigenvalue weighted by molar-refractivity contribution is 0.405. The Balaban J connectivity index is 2.30. The summed E-state index contributed by atoms with van der Waals surface area (Å²) in [5, 5.41) is 0. The maximum atomic E-state index is 12.4. The summed E-state index contributed by atoms with van der Waals surface area (Å²) in [5.41, 5.74) is 2.37. The number of nitrogens with one attached hydrogen (secondary N) is 1. The lowest BCUT2D eigenvalue weighted by atomic mass is 10.1. The summed E-state index contributed by atoms with van der Waals surface area (Å²) in [4.78, 5) is 4.15. The third-order valence-electron chi connectivity index (χ3n) is 3.22. The zero-order valence-electron chi connectivity index (χ0n) is 10.5. The van der Waals surface area contributed by atoms with Crippen molar-refractivity contribution < 1.29 is 8.42 Å². The second-order valence-electron chi connectivity index (χ2n) is 4.79. The SMILES string of the molecule is CC1CC(C)N(S(=O)(=O)c2ccc(NN)nc2)C1. The van der Waals surface area contributed by atoms with Crippen molar-refractivity contribution in [1.82, 2.24) is 9.29 Å².